The molecule has 0 radical (unpaired) electrons. The minimum absolute atomic E-state index is 0.0190. The molecule has 0 fully saturated rings. The molecule has 8 nitrogen and oxygen atoms in total. The number of hydrogen-bond donors (Lipinski definition) is 0. The summed E-state index contributed by atoms with van der Waals surface area (Å²) in [6, 6.07) is 4.52. The van der Waals surface area contributed by atoms with Gasteiger partial charge in [-0.05, 0) is 45.4 Å². The fraction of sp³-hybridized carbons (Fsp3) is 0.600. The van der Waals surface area contributed by atoms with E-state index in [1.54, 1.807) is 13.0 Å². The first-order valence-electron chi connectivity index (χ1n) is 9.78. The molecular weight excluding hydrogens is 396 g/mol. The number of ether oxygens (including phenoxy) is 2. The molecule has 0 N–H and O–H groups in total. The molecule has 1 aromatic rings. The normalized spacial score (nSPS) is 15.6. The molecule has 0 atom stereocenters. The van der Waals surface area contributed by atoms with E-state index in [1.165, 1.54) is 28.3 Å². The fourth-order valence-electron chi connectivity index (χ4n) is 3.23. The molecule has 0 aromatic heterocycles. The number of amides is 1. The molecule has 2 rings (SSSR count). The molecule has 9 heteroatoms. The quantitative estimate of drug-likeness (QED) is 0.593. The Bertz CT molecular complexity index is 866. The summed E-state index contributed by atoms with van der Waals surface area (Å²) in [6.07, 6.45) is 0.582. The van der Waals surface area contributed by atoms with Gasteiger partial charge in [0.15, 0.2) is 0 Å². The van der Waals surface area contributed by atoms with Crippen LogP contribution in [-0.2, 0) is 24.3 Å². The summed E-state index contributed by atoms with van der Waals surface area (Å²) >= 11 is 0. The summed E-state index contributed by atoms with van der Waals surface area (Å²) in [4.78, 5) is 25.4. The van der Waals surface area contributed by atoms with Crippen molar-refractivity contribution in [3.8, 4) is 5.75 Å². The van der Waals surface area contributed by atoms with Crippen molar-refractivity contribution in [1.29, 1.82) is 0 Å². The van der Waals surface area contributed by atoms with Crippen LogP contribution >= 0.6 is 0 Å². The molecule has 29 heavy (non-hydrogen) atoms. The Kier molecular flexibility index (Phi) is 7.29. The third-order valence-electron chi connectivity index (χ3n) is 4.51. The van der Waals surface area contributed by atoms with Crippen LogP contribution in [0.2, 0.25) is 0 Å². The van der Waals surface area contributed by atoms with Crippen molar-refractivity contribution in [1.82, 2.24) is 4.31 Å². The lowest BCUT2D eigenvalue weighted by Crippen LogP contribution is -2.48. The minimum atomic E-state index is -3.85. The number of rotatable bonds is 8. The Morgan fingerprint density at radius 3 is 2.52 bits per heavy atom. The average molecular weight is 427 g/mol. The second-order valence-corrected chi connectivity index (χ2v) is 9.49. The molecule has 0 aliphatic carbocycles. The first kappa shape index (κ1) is 23.2. The first-order valence-corrected chi connectivity index (χ1v) is 11.2. The number of fused-ring (bicyclic) bond motifs is 1. The molecule has 0 spiro atoms. The Morgan fingerprint density at radius 1 is 1.24 bits per heavy atom. The maximum absolute atomic E-state index is 13.2. The summed E-state index contributed by atoms with van der Waals surface area (Å²) in [5.41, 5.74) is -0.146. The van der Waals surface area contributed by atoms with E-state index in [1.807, 2.05) is 20.8 Å². The van der Waals surface area contributed by atoms with Crippen LogP contribution in [0.4, 0.5) is 5.69 Å². The molecule has 1 aromatic carbocycles. The van der Waals surface area contributed by atoms with Crippen molar-refractivity contribution in [2.75, 3.05) is 31.1 Å². The lowest BCUT2D eigenvalue weighted by atomic mass is 10.1. The van der Waals surface area contributed by atoms with Crippen LogP contribution < -0.4 is 9.64 Å². The molecule has 1 heterocycles. The second kappa shape index (κ2) is 9.13. The summed E-state index contributed by atoms with van der Waals surface area (Å²) < 4.78 is 38.5. The molecule has 1 amide bonds. The van der Waals surface area contributed by atoms with Gasteiger partial charge in [0, 0.05) is 20.0 Å². The number of benzene rings is 1. The number of carbonyl (C=O) groups is 2. The van der Waals surface area contributed by atoms with Gasteiger partial charge in [-0.15, -0.1) is 0 Å². The zero-order valence-corrected chi connectivity index (χ0v) is 18.5. The van der Waals surface area contributed by atoms with E-state index in [-0.39, 0.29) is 36.9 Å². The molecule has 162 valence electrons. The van der Waals surface area contributed by atoms with Gasteiger partial charge in [0.2, 0.25) is 15.9 Å². The maximum Gasteiger partial charge on any atom is 0.307 e. The van der Waals surface area contributed by atoms with Gasteiger partial charge in [0.1, 0.15) is 11.4 Å². The summed E-state index contributed by atoms with van der Waals surface area (Å²) in [7, 11) is -3.85. The Labute approximate surface area is 172 Å². The van der Waals surface area contributed by atoms with Crippen LogP contribution in [0, 0.1) is 0 Å². The maximum atomic E-state index is 13.2. The van der Waals surface area contributed by atoms with Gasteiger partial charge in [-0.2, -0.15) is 4.31 Å². The Morgan fingerprint density at radius 2 is 1.93 bits per heavy atom. The smallest absolute Gasteiger partial charge is 0.307 e. The number of sulfonamides is 1. The van der Waals surface area contributed by atoms with Gasteiger partial charge in [0.05, 0.1) is 30.2 Å². The molecule has 0 unspecified atom stereocenters. The third-order valence-corrected chi connectivity index (χ3v) is 6.40. The number of anilines is 1. The SMILES string of the molecule is CCCN(CCC(=O)OCC)S(=O)(=O)c1ccc2c(c1)N(C(C)=O)CC(C)(C)O2. The molecule has 1 aliphatic heterocycles. The van der Waals surface area contributed by atoms with Gasteiger partial charge >= 0.3 is 5.97 Å². The van der Waals surface area contributed by atoms with E-state index in [0.717, 1.165) is 0 Å². The number of nitrogens with zero attached hydrogens (tertiary/aromatic N) is 2. The number of hydrogen-bond acceptors (Lipinski definition) is 6. The largest absolute Gasteiger partial charge is 0.484 e. The van der Waals surface area contributed by atoms with Gasteiger partial charge in [-0.3, -0.25) is 9.59 Å². The summed E-state index contributed by atoms with van der Waals surface area (Å²) in [5.74, 6) is -0.165. The lowest BCUT2D eigenvalue weighted by Gasteiger charge is -2.39. The van der Waals surface area contributed by atoms with Gasteiger partial charge in [-0.25, -0.2) is 8.42 Å². The van der Waals surface area contributed by atoms with E-state index in [9.17, 15) is 18.0 Å². The minimum Gasteiger partial charge on any atom is -0.484 e. The van der Waals surface area contributed by atoms with E-state index >= 15 is 0 Å². The van der Waals surface area contributed by atoms with Crippen LogP contribution in [0.1, 0.15) is 47.5 Å². The Balaban J connectivity index is 2.37. The second-order valence-electron chi connectivity index (χ2n) is 7.56. The number of esters is 1. The Hall–Kier alpha value is -2.13. The highest BCUT2D eigenvalue weighted by molar-refractivity contribution is 7.89. The van der Waals surface area contributed by atoms with Gasteiger partial charge < -0.3 is 14.4 Å². The number of carbonyl (C=O) groups excluding carboxylic acids is 2. The predicted octanol–water partition coefficient (Wildman–Crippen LogP) is 2.56. The fourth-order valence-corrected chi connectivity index (χ4v) is 4.78. The van der Waals surface area contributed by atoms with Crippen LogP contribution in [-0.4, -0.2) is 56.4 Å². The molecule has 0 saturated carbocycles. The highest BCUT2D eigenvalue weighted by atomic mass is 32.2. The zero-order chi connectivity index (χ0) is 21.8. The summed E-state index contributed by atoms with van der Waals surface area (Å²) in [5, 5.41) is 0. The first-order chi connectivity index (χ1) is 13.5. The molecular formula is C20H30N2O6S. The van der Waals surface area contributed by atoms with E-state index < -0.39 is 21.6 Å². The van der Waals surface area contributed by atoms with Crippen LogP contribution in [0.15, 0.2) is 23.1 Å². The average Bonchev–Trinajstić information content (AvgIpc) is 2.63. The van der Waals surface area contributed by atoms with Crippen LogP contribution in [0.3, 0.4) is 0 Å². The third kappa shape index (κ3) is 5.48. The van der Waals surface area contributed by atoms with Crippen molar-refractivity contribution in [3.05, 3.63) is 18.2 Å². The topological polar surface area (TPSA) is 93.2 Å². The van der Waals surface area contributed by atoms with Crippen molar-refractivity contribution in [3.63, 3.8) is 0 Å². The van der Waals surface area contributed by atoms with E-state index in [0.29, 0.717) is 24.4 Å². The van der Waals surface area contributed by atoms with Gasteiger partial charge in [-0.1, -0.05) is 6.92 Å². The van der Waals surface area contributed by atoms with E-state index in [2.05, 4.69) is 0 Å². The molecule has 1 aliphatic rings. The summed E-state index contributed by atoms with van der Waals surface area (Å²) in [6.45, 7) is 9.63. The zero-order valence-electron chi connectivity index (χ0n) is 17.7. The monoisotopic (exact) mass is 426 g/mol. The van der Waals surface area contributed by atoms with Crippen LogP contribution in [0.25, 0.3) is 0 Å². The highest BCUT2D eigenvalue weighted by Gasteiger charge is 2.35. The molecule has 0 bridgehead atoms. The van der Waals surface area contributed by atoms with Crippen molar-refractivity contribution >= 4 is 27.6 Å². The highest BCUT2D eigenvalue weighted by Crippen LogP contribution is 2.39. The lowest BCUT2D eigenvalue weighted by molar-refractivity contribution is -0.143. The van der Waals surface area contributed by atoms with Gasteiger partial charge in [0.25, 0.3) is 0 Å². The predicted molar refractivity (Wildman–Crippen MR) is 109 cm³/mol. The van der Waals surface area contributed by atoms with E-state index in [4.69, 9.17) is 9.47 Å². The van der Waals surface area contributed by atoms with Crippen molar-refractivity contribution < 1.29 is 27.5 Å². The standard InChI is InChI=1S/C20H30N2O6S/c1-6-11-21(12-10-19(24)27-7-2)29(25,26)16-8-9-18-17(13-16)22(15(3)23)14-20(4,5)28-18/h8-9,13H,6-7,10-12,14H2,1-5H3. The van der Waals surface area contributed by atoms with Crippen molar-refractivity contribution in [2.45, 2.75) is 58.0 Å². The molecule has 0 saturated heterocycles. The van der Waals surface area contributed by atoms with Crippen LogP contribution in [0.5, 0.6) is 5.75 Å². The van der Waals surface area contributed by atoms with Crippen molar-refractivity contribution in [2.24, 2.45) is 0 Å².